The first kappa shape index (κ1) is 8.89. The molecule has 0 amide bonds. The highest BCUT2D eigenvalue weighted by Crippen LogP contribution is 2.22. The topological polar surface area (TPSA) is 90.2 Å². The van der Waals surface area contributed by atoms with E-state index in [9.17, 15) is 5.11 Å². The monoisotopic (exact) mass is 164 g/mol. The maximum Gasteiger partial charge on any atom is 0.191 e. The third-order valence-electron chi connectivity index (χ3n) is 1.81. The van der Waals surface area contributed by atoms with E-state index in [0.717, 1.165) is 0 Å². The van der Waals surface area contributed by atoms with Gasteiger partial charge in [-0.05, 0) is 6.92 Å². The molecule has 0 aromatic carbocycles. The first-order valence-electron chi connectivity index (χ1n) is 3.35. The van der Waals surface area contributed by atoms with E-state index in [2.05, 4.69) is 4.74 Å². The molecule has 0 aromatic rings. The molecule has 0 aromatic heterocycles. The van der Waals surface area contributed by atoms with Crippen molar-refractivity contribution >= 4 is 0 Å². The molecule has 0 bridgehead atoms. The van der Waals surface area contributed by atoms with Crippen molar-refractivity contribution in [3.63, 3.8) is 0 Å². The van der Waals surface area contributed by atoms with Gasteiger partial charge in [-0.1, -0.05) is 0 Å². The zero-order chi connectivity index (χ0) is 8.65. The van der Waals surface area contributed by atoms with Gasteiger partial charge in [-0.15, -0.1) is 0 Å². The lowest BCUT2D eigenvalue weighted by Crippen LogP contribution is -2.59. The summed E-state index contributed by atoms with van der Waals surface area (Å²) in [5, 5.41) is 36.3. The lowest BCUT2D eigenvalue weighted by atomic mass is 9.98. The van der Waals surface area contributed by atoms with Gasteiger partial charge in [0, 0.05) is 0 Å². The fourth-order valence-corrected chi connectivity index (χ4v) is 0.965. The Labute approximate surface area is 63.8 Å². The molecule has 66 valence electrons. The van der Waals surface area contributed by atoms with E-state index < -0.39 is 24.1 Å². The molecule has 4 atom stereocenters. The van der Waals surface area contributed by atoms with E-state index in [4.69, 9.17) is 15.3 Å². The van der Waals surface area contributed by atoms with E-state index in [1.54, 1.807) is 0 Å². The van der Waals surface area contributed by atoms with Gasteiger partial charge < -0.3 is 25.2 Å². The van der Waals surface area contributed by atoms with Crippen LogP contribution in [0.1, 0.15) is 6.92 Å². The van der Waals surface area contributed by atoms with Crippen molar-refractivity contribution in [1.29, 1.82) is 0 Å². The third-order valence-corrected chi connectivity index (χ3v) is 1.81. The standard InChI is InChI=1S/C6H12O5/c1-6(10)5(9)4(8)3(7)2-11-6/h3-5,7-10H,2H2,1H3/t3-,4-,5-,6+/m1/s1. The summed E-state index contributed by atoms with van der Waals surface area (Å²) in [4.78, 5) is 0. The molecule has 0 spiro atoms. The van der Waals surface area contributed by atoms with E-state index in [1.165, 1.54) is 6.92 Å². The van der Waals surface area contributed by atoms with Gasteiger partial charge in [0.25, 0.3) is 0 Å². The summed E-state index contributed by atoms with van der Waals surface area (Å²) in [6.07, 6.45) is -3.95. The van der Waals surface area contributed by atoms with Crippen molar-refractivity contribution in [1.82, 2.24) is 0 Å². The number of hydrogen-bond acceptors (Lipinski definition) is 5. The average molecular weight is 164 g/mol. The van der Waals surface area contributed by atoms with E-state index in [0.29, 0.717) is 0 Å². The Kier molecular flexibility index (Phi) is 2.17. The maximum absolute atomic E-state index is 9.19. The molecular weight excluding hydrogens is 152 g/mol. The number of aliphatic hydroxyl groups excluding tert-OH is 3. The number of aliphatic hydroxyl groups is 4. The zero-order valence-corrected chi connectivity index (χ0v) is 6.14. The highest BCUT2D eigenvalue weighted by atomic mass is 16.6. The summed E-state index contributed by atoms with van der Waals surface area (Å²) in [7, 11) is 0. The molecule has 4 N–H and O–H groups in total. The van der Waals surface area contributed by atoms with Gasteiger partial charge in [0.2, 0.25) is 0 Å². The van der Waals surface area contributed by atoms with Gasteiger partial charge in [0.05, 0.1) is 6.61 Å². The lowest BCUT2D eigenvalue weighted by molar-refractivity contribution is -0.312. The molecule has 1 saturated heterocycles. The number of hydrogen-bond donors (Lipinski definition) is 4. The highest BCUT2D eigenvalue weighted by molar-refractivity contribution is 4.88. The van der Waals surface area contributed by atoms with Crippen LogP contribution >= 0.6 is 0 Å². The number of ether oxygens (including phenoxy) is 1. The van der Waals surface area contributed by atoms with Crippen LogP contribution in [-0.2, 0) is 4.74 Å². The minimum atomic E-state index is -1.77. The molecule has 11 heavy (non-hydrogen) atoms. The van der Waals surface area contributed by atoms with Crippen molar-refractivity contribution in [2.45, 2.75) is 31.0 Å². The van der Waals surface area contributed by atoms with Crippen LogP contribution in [0, 0.1) is 0 Å². The van der Waals surface area contributed by atoms with Crippen LogP contribution in [0.4, 0.5) is 0 Å². The van der Waals surface area contributed by atoms with Gasteiger partial charge in [-0.2, -0.15) is 0 Å². The van der Waals surface area contributed by atoms with Gasteiger partial charge >= 0.3 is 0 Å². The van der Waals surface area contributed by atoms with Crippen LogP contribution in [0.3, 0.4) is 0 Å². The van der Waals surface area contributed by atoms with Crippen LogP contribution < -0.4 is 0 Å². The van der Waals surface area contributed by atoms with Gasteiger partial charge in [-0.25, -0.2) is 0 Å². The van der Waals surface area contributed by atoms with Crippen LogP contribution in [0.2, 0.25) is 0 Å². The summed E-state index contributed by atoms with van der Waals surface area (Å²) >= 11 is 0. The van der Waals surface area contributed by atoms with Crippen molar-refractivity contribution in [2.24, 2.45) is 0 Å². The summed E-state index contributed by atoms with van der Waals surface area (Å²) in [5.74, 6) is -1.77. The molecule has 5 nitrogen and oxygen atoms in total. The fourth-order valence-electron chi connectivity index (χ4n) is 0.965. The SMILES string of the molecule is C[C@]1(O)OC[C@@H](O)[C@@H](O)[C@H]1O. The first-order valence-corrected chi connectivity index (χ1v) is 3.35. The molecular formula is C6H12O5. The summed E-state index contributed by atoms with van der Waals surface area (Å²) in [6.45, 7) is 1.05. The Morgan fingerprint density at radius 2 is 1.91 bits per heavy atom. The molecule has 0 unspecified atom stereocenters. The van der Waals surface area contributed by atoms with Crippen molar-refractivity contribution in [3.8, 4) is 0 Å². The molecule has 5 heteroatoms. The van der Waals surface area contributed by atoms with E-state index >= 15 is 0 Å². The zero-order valence-electron chi connectivity index (χ0n) is 6.14. The van der Waals surface area contributed by atoms with Gasteiger partial charge in [0.1, 0.15) is 18.3 Å². The Hall–Kier alpha value is -0.200. The van der Waals surface area contributed by atoms with Crippen molar-refractivity contribution < 1.29 is 25.2 Å². The lowest BCUT2D eigenvalue weighted by Gasteiger charge is -2.39. The second-order valence-corrected chi connectivity index (χ2v) is 2.87. The molecule has 0 aliphatic carbocycles. The number of rotatable bonds is 0. The van der Waals surface area contributed by atoms with E-state index in [1.807, 2.05) is 0 Å². The van der Waals surface area contributed by atoms with Crippen molar-refractivity contribution in [2.75, 3.05) is 6.61 Å². The predicted molar refractivity (Wildman–Crippen MR) is 34.6 cm³/mol. The van der Waals surface area contributed by atoms with Crippen LogP contribution in [0.15, 0.2) is 0 Å². The Morgan fingerprint density at radius 3 is 2.36 bits per heavy atom. The van der Waals surface area contributed by atoms with E-state index in [-0.39, 0.29) is 6.61 Å². The Bertz CT molecular complexity index is 146. The Morgan fingerprint density at radius 1 is 1.36 bits per heavy atom. The quantitative estimate of drug-likeness (QED) is 0.326. The summed E-state index contributed by atoms with van der Waals surface area (Å²) in [6, 6.07) is 0. The molecule has 0 radical (unpaired) electrons. The van der Waals surface area contributed by atoms with Gasteiger partial charge in [0.15, 0.2) is 5.79 Å². The maximum atomic E-state index is 9.19. The van der Waals surface area contributed by atoms with Crippen molar-refractivity contribution in [3.05, 3.63) is 0 Å². The molecule has 1 rings (SSSR count). The van der Waals surface area contributed by atoms with Crippen LogP contribution in [0.25, 0.3) is 0 Å². The van der Waals surface area contributed by atoms with Gasteiger partial charge in [-0.3, -0.25) is 0 Å². The largest absolute Gasteiger partial charge is 0.388 e. The van der Waals surface area contributed by atoms with Crippen LogP contribution in [0.5, 0.6) is 0 Å². The minimum absolute atomic E-state index is 0.175. The predicted octanol–water partition coefficient (Wildman–Crippen LogP) is -2.19. The smallest absolute Gasteiger partial charge is 0.191 e. The third kappa shape index (κ3) is 1.52. The summed E-state index contributed by atoms with van der Waals surface area (Å²) < 4.78 is 4.66. The molecule has 1 aliphatic heterocycles. The van der Waals surface area contributed by atoms with Crippen LogP contribution in [-0.4, -0.2) is 51.1 Å². The summed E-state index contributed by atoms with van der Waals surface area (Å²) in [5.41, 5.74) is 0. The molecule has 1 heterocycles. The minimum Gasteiger partial charge on any atom is -0.388 e. The first-order chi connectivity index (χ1) is 4.95. The Balaban J connectivity index is 2.67. The second kappa shape index (κ2) is 2.69. The molecule has 1 fully saturated rings. The molecule has 0 saturated carbocycles. The fraction of sp³-hybridized carbons (Fsp3) is 1.00. The molecule has 1 aliphatic rings. The second-order valence-electron chi connectivity index (χ2n) is 2.87. The highest BCUT2D eigenvalue weighted by Gasteiger charge is 2.44. The normalized spacial score (nSPS) is 52.6. The average Bonchev–Trinajstić information content (AvgIpc) is 1.95.